The van der Waals surface area contributed by atoms with Crippen LogP contribution in [0, 0.1) is 0 Å². The Hall–Kier alpha value is -1.44. The summed E-state index contributed by atoms with van der Waals surface area (Å²) in [6, 6.07) is 9.45. The quantitative estimate of drug-likeness (QED) is 0.637. The molecular formula is C8H9NO. The van der Waals surface area contributed by atoms with E-state index in [1.165, 1.54) is 6.20 Å². The molecule has 0 aromatic heterocycles. The molecule has 0 radical (unpaired) electrons. The highest BCUT2D eigenvalue weighted by Gasteiger charge is 1.84. The first-order chi connectivity index (χ1) is 4.93. The highest BCUT2D eigenvalue weighted by atomic mass is 16.6. The Balaban J connectivity index is 2.50. The zero-order chi connectivity index (χ0) is 7.23. The standard InChI is InChI=1S/C8H9NO/c1-2-9-10-8-6-4-3-5-7-8/h2-7,9H,1H2. The van der Waals surface area contributed by atoms with Gasteiger partial charge >= 0.3 is 0 Å². The Morgan fingerprint density at radius 3 is 2.60 bits per heavy atom. The second-order valence-corrected chi connectivity index (χ2v) is 1.74. The van der Waals surface area contributed by atoms with Crippen LogP contribution in [0.4, 0.5) is 0 Å². The molecule has 0 amide bonds. The Morgan fingerprint density at radius 2 is 2.00 bits per heavy atom. The predicted molar refractivity (Wildman–Crippen MR) is 40.4 cm³/mol. The van der Waals surface area contributed by atoms with Gasteiger partial charge in [-0.3, -0.25) is 0 Å². The molecule has 0 aliphatic heterocycles. The van der Waals surface area contributed by atoms with Crippen molar-refractivity contribution in [3.8, 4) is 5.75 Å². The van der Waals surface area contributed by atoms with Crippen LogP contribution in [0.1, 0.15) is 0 Å². The first-order valence-electron chi connectivity index (χ1n) is 3.02. The number of benzene rings is 1. The maximum Gasteiger partial charge on any atom is 0.155 e. The number of para-hydroxylation sites is 1. The molecular weight excluding hydrogens is 126 g/mol. The number of hydrogen-bond donors (Lipinski definition) is 1. The van der Waals surface area contributed by atoms with E-state index in [0.717, 1.165) is 5.75 Å². The van der Waals surface area contributed by atoms with E-state index >= 15 is 0 Å². The number of hydroxylamine groups is 1. The van der Waals surface area contributed by atoms with Crippen LogP contribution in [-0.4, -0.2) is 0 Å². The van der Waals surface area contributed by atoms with Gasteiger partial charge in [0.15, 0.2) is 5.75 Å². The predicted octanol–water partition coefficient (Wildman–Crippen LogP) is 1.71. The molecule has 10 heavy (non-hydrogen) atoms. The van der Waals surface area contributed by atoms with Gasteiger partial charge in [0.2, 0.25) is 0 Å². The molecule has 1 rings (SSSR count). The van der Waals surface area contributed by atoms with Crippen molar-refractivity contribution in [1.82, 2.24) is 5.48 Å². The summed E-state index contributed by atoms with van der Waals surface area (Å²) >= 11 is 0. The van der Waals surface area contributed by atoms with Gasteiger partial charge in [0, 0.05) is 6.20 Å². The third-order valence-corrected chi connectivity index (χ3v) is 1.00. The Bertz CT molecular complexity index is 196. The molecule has 0 bridgehead atoms. The van der Waals surface area contributed by atoms with Crippen LogP contribution in [0.2, 0.25) is 0 Å². The van der Waals surface area contributed by atoms with E-state index in [9.17, 15) is 0 Å². The lowest BCUT2D eigenvalue weighted by Gasteiger charge is -2.01. The van der Waals surface area contributed by atoms with Crippen LogP contribution in [0.15, 0.2) is 43.1 Å². The van der Waals surface area contributed by atoms with Crippen molar-refractivity contribution in [2.24, 2.45) is 0 Å². The highest BCUT2D eigenvalue weighted by molar-refractivity contribution is 5.20. The maximum absolute atomic E-state index is 4.99. The van der Waals surface area contributed by atoms with Crippen molar-refractivity contribution in [2.45, 2.75) is 0 Å². The molecule has 0 saturated carbocycles. The van der Waals surface area contributed by atoms with Gasteiger partial charge in [-0.2, -0.15) is 0 Å². The first-order valence-corrected chi connectivity index (χ1v) is 3.02. The van der Waals surface area contributed by atoms with E-state index in [4.69, 9.17) is 4.84 Å². The molecule has 1 aromatic rings. The summed E-state index contributed by atoms with van der Waals surface area (Å²) in [5, 5.41) is 0. The molecule has 0 aliphatic carbocycles. The topological polar surface area (TPSA) is 21.3 Å². The molecule has 0 fully saturated rings. The zero-order valence-corrected chi connectivity index (χ0v) is 5.58. The lowest BCUT2D eigenvalue weighted by molar-refractivity contribution is 0.243. The van der Waals surface area contributed by atoms with Crippen LogP contribution < -0.4 is 10.3 Å². The van der Waals surface area contributed by atoms with E-state index in [2.05, 4.69) is 12.1 Å². The molecule has 0 saturated heterocycles. The number of hydrogen-bond acceptors (Lipinski definition) is 2. The van der Waals surface area contributed by atoms with Crippen LogP contribution in [0.3, 0.4) is 0 Å². The summed E-state index contributed by atoms with van der Waals surface area (Å²) in [5.41, 5.74) is 2.53. The number of rotatable bonds is 3. The normalized spacial score (nSPS) is 8.40. The van der Waals surface area contributed by atoms with Gasteiger partial charge in [-0.15, -0.1) is 0 Å². The molecule has 1 aromatic carbocycles. The first kappa shape index (κ1) is 6.68. The fourth-order valence-electron chi connectivity index (χ4n) is 0.598. The fraction of sp³-hybridized carbons (Fsp3) is 0. The zero-order valence-electron chi connectivity index (χ0n) is 5.58. The largest absolute Gasteiger partial charge is 0.383 e. The molecule has 52 valence electrons. The third-order valence-electron chi connectivity index (χ3n) is 1.00. The van der Waals surface area contributed by atoms with Gasteiger partial charge in [0.25, 0.3) is 0 Å². The fourth-order valence-corrected chi connectivity index (χ4v) is 0.598. The average molecular weight is 135 g/mol. The van der Waals surface area contributed by atoms with Crippen molar-refractivity contribution >= 4 is 0 Å². The van der Waals surface area contributed by atoms with Crippen molar-refractivity contribution < 1.29 is 4.84 Å². The van der Waals surface area contributed by atoms with Gasteiger partial charge in [-0.1, -0.05) is 24.8 Å². The van der Waals surface area contributed by atoms with Gasteiger partial charge in [-0.25, -0.2) is 5.48 Å². The molecule has 0 heterocycles. The van der Waals surface area contributed by atoms with Crippen molar-refractivity contribution in [2.75, 3.05) is 0 Å². The smallest absolute Gasteiger partial charge is 0.155 e. The van der Waals surface area contributed by atoms with Crippen LogP contribution in [-0.2, 0) is 0 Å². The molecule has 2 nitrogen and oxygen atoms in total. The average Bonchev–Trinajstić information content (AvgIpc) is 2.03. The minimum absolute atomic E-state index is 0.780. The molecule has 0 aliphatic rings. The Morgan fingerprint density at radius 1 is 1.30 bits per heavy atom. The van der Waals surface area contributed by atoms with Gasteiger partial charge in [0.05, 0.1) is 0 Å². The van der Waals surface area contributed by atoms with E-state index < -0.39 is 0 Å². The SMILES string of the molecule is C=CNOc1ccccc1. The highest BCUT2D eigenvalue weighted by Crippen LogP contribution is 2.05. The van der Waals surface area contributed by atoms with E-state index in [0.29, 0.717) is 0 Å². The van der Waals surface area contributed by atoms with Crippen molar-refractivity contribution in [3.05, 3.63) is 43.1 Å². The minimum Gasteiger partial charge on any atom is -0.383 e. The lowest BCUT2D eigenvalue weighted by Crippen LogP contribution is -2.08. The number of nitrogens with one attached hydrogen (secondary N) is 1. The third kappa shape index (κ3) is 1.82. The molecule has 1 N–H and O–H groups in total. The van der Waals surface area contributed by atoms with E-state index in [-0.39, 0.29) is 0 Å². The van der Waals surface area contributed by atoms with E-state index in [1.54, 1.807) is 0 Å². The summed E-state index contributed by atoms with van der Waals surface area (Å²) in [6.07, 6.45) is 1.48. The molecule has 0 unspecified atom stereocenters. The van der Waals surface area contributed by atoms with E-state index in [1.807, 2.05) is 30.3 Å². The van der Waals surface area contributed by atoms with Gasteiger partial charge < -0.3 is 4.84 Å². The molecule has 0 atom stereocenters. The summed E-state index contributed by atoms with van der Waals surface area (Å²) < 4.78 is 0. The second-order valence-electron chi connectivity index (χ2n) is 1.74. The van der Waals surface area contributed by atoms with Crippen molar-refractivity contribution in [1.29, 1.82) is 0 Å². The minimum atomic E-state index is 0.780. The Kier molecular flexibility index (Phi) is 2.38. The Labute approximate surface area is 60.1 Å². The maximum atomic E-state index is 4.99. The summed E-state index contributed by atoms with van der Waals surface area (Å²) in [6.45, 7) is 3.44. The molecule has 2 heteroatoms. The lowest BCUT2D eigenvalue weighted by atomic mass is 10.3. The summed E-state index contributed by atoms with van der Waals surface area (Å²) in [5.74, 6) is 0.780. The van der Waals surface area contributed by atoms with Crippen LogP contribution in [0.25, 0.3) is 0 Å². The van der Waals surface area contributed by atoms with Gasteiger partial charge in [0.1, 0.15) is 0 Å². The van der Waals surface area contributed by atoms with Crippen LogP contribution >= 0.6 is 0 Å². The van der Waals surface area contributed by atoms with Crippen LogP contribution in [0.5, 0.6) is 5.75 Å². The van der Waals surface area contributed by atoms with Crippen molar-refractivity contribution in [3.63, 3.8) is 0 Å². The summed E-state index contributed by atoms with van der Waals surface area (Å²) in [7, 11) is 0. The summed E-state index contributed by atoms with van der Waals surface area (Å²) in [4.78, 5) is 4.99. The molecule has 0 spiro atoms. The monoisotopic (exact) mass is 135 g/mol. The second kappa shape index (κ2) is 3.56. The van der Waals surface area contributed by atoms with Gasteiger partial charge in [-0.05, 0) is 12.1 Å².